The molecule has 0 aliphatic heterocycles. The molecule has 2 heterocycles. The van der Waals surface area contributed by atoms with Crippen LogP contribution in [0.5, 0.6) is 0 Å². The van der Waals surface area contributed by atoms with Crippen LogP contribution in [0.3, 0.4) is 0 Å². The van der Waals surface area contributed by atoms with Gasteiger partial charge in [-0.25, -0.2) is 0 Å². The van der Waals surface area contributed by atoms with E-state index in [0.717, 1.165) is 0 Å². The summed E-state index contributed by atoms with van der Waals surface area (Å²) in [6.07, 6.45) is 3.35. The van der Waals surface area contributed by atoms with E-state index >= 15 is 0 Å². The van der Waals surface area contributed by atoms with Gasteiger partial charge >= 0.3 is 0 Å². The van der Waals surface area contributed by atoms with E-state index in [0.29, 0.717) is 11.4 Å². The molecule has 174 valence electrons. The van der Waals surface area contributed by atoms with Gasteiger partial charge in [-0.3, -0.25) is 9.97 Å². The summed E-state index contributed by atoms with van der Waals surface area (Å²) in [4.78, 5) is 8.00. The maximum absolute atomic E-state index is 9.43. The first-order valence-electron chi connectivity index (χ1n) is 6.49. The molecule has 0 atom stereocenters. The van der Waals surface area contributed by atoms with Gasteiger partial charge in [0.1, 0.15) is 11.2 Å². The predicted octanol–water partition coefficient (Wildman–Crippen LogP) is -2.72. The molecule has 18 N–H and O–H groups in total. The molecule has 2 aromatic heterocycles. The topological polar surface area (TPSA) is 261 Å². The molecule has 0 aliphatic carbocycles. The van der Waals surface area contributed by atoms with Crippen molar-refractivity contribution in [3.05, 3.63) is 60.2 Å². The summed E-state index contributed by atoms with van der Waals surface area (Å²) in [7, 11) is 0. The fourth-order valence-corrected chi connectivity index (χ4v) is 1.45. The summed E-state index contributed by atoms with van der Waals surface area (Å²) in [5.41, 5.74) is -0.229. The van der Waals surface area contributed by atoms with Crippen molar-refractivity contribution in [2.45, 2.75) is 38.9 Å². The first-order valence-corrected chi connectivity index (χ1v) is 6.49. The van der Waals surface area contributed by atoms with Gasteiger partial charge in [-0.15, -0.1) is 0 Å². The van der Waals surface area contributed by atoms with Crippen molar-refractivity contribution in [2.75, 3.05) is 0 Å². The third-order valence-corrected chi connectivity index (χ3v) is 2.58. The first-order chi connectivity index (χ1) is 9.21. The van der Waals surface area contributed by atoms with Crippen molar-refractivity contribution in [3.8, 4) is 0 Å². The summed E-state index contributed by atoms with van der Waals surface area (Å²) in [6.45, 7) is 6.87. The standard InChI is InChI=1S/2C8H11NO.2Ir.6H2O/c2*1-8(2,10)7-5-3-4-6-9-7;;;;;;;;/h2*3-6,10H,1-2H3;;;6*1H2/p+4. The normalized spacial score (nSPS) is 8.21. The van der Waals surface area contributed by atoms with Crippen LogP contribution in [0, 0.1) is 0 Å². The molecule has 0 aliphatic rings. The number of aromatic nitrogens is 2. The maximum atomic E-state index is 9.43. The minimum absolute atomic E-state index is 0. The van der Waals surface area contributed by atoms with E-state index in [1.54, 1.807) is 52.2 Å². The van der Waals surface area contributed by atoms with Crippen molar-refractivity contribution >= 4 is 0 Å². The molecule has 0 saturated heterocycles. The zero-order valence-electron chi connectivity index (χ0n) is 16.4. The molecule has 28 heavy (non-hydrogen) atoms. The zero-order chi connectivity index (χ0) is 15.2. The number of nitrogens with zero attached hydrogens (tertiary/aromatic N) is 2. The molecule has 2 rings (SSSR count). The second kappa shape index (κ2) is 22.6. The van der Waals surface area contributed by atoms with Gasteiger partial charge in [-0.2, -0.15) is 0 Å². The van der Waals surface area contributed by atoms with E-state index in [2.05, 4.69) is 9.97 Å². The Hall–Kier alpha value is -0.721. The van der Waals surface area contributed by atoms with Crippen molar-refractivity contribution < 1.29 is 83.3 Å². The van der Waals surface area contributed by atoms with Gasteiger partial charge in [-0.05, 0) is 52.0 Å². The van der Waals surface area contributed by atoms with E-state index in [1.165, 1.54) is 0 Å². The van der Waals surface area contributed by atoms with Crippen LogP contribution in [0.4, 0.5) is 0 Å². The van der Waals surface area contributed by atoms with Gasteiger partial charge in [0, 0.05) is 52.6 Å². The molecule has 0 bridgehead atoms. The minimum Gasteiger partial charge on any atom is -0.457 e. The van der Waals surface area contributed by atoms with E-state index in [4.69, 9.17) is 0 Å². The molecule has 0 saturated carbocycles. The zero-order valence-corrected chi connectivity index (χ0v) is 21.2. The van der Waals surface area contributed by atoms with E-state index in [9.17, 15) is 10.2 Å². The molecule has 2 radical (unpaired) electrons. The van der Waals surface area contributed by atoms with Gasteiger partial charge in [0.2, 0.25) is 0 Å². The van der Waals surface area contributed by atoms with E-state index in [-0.39, 0.29) is 73.1 Å². The minimum atomic E-state index is -0.818. The average Bonchev–Trinajstić information content (AvgIpc) is 2.40. The van der Waals surface area contributed by atoms with Crippen LogP contribution in [-0.2, 0) is 73.3 Å². The molecular formula is C16H38Ir2N2O8+4. The second-order valence-corrected chi connectivity index (χ2v) is 5.55. The molecular weight excluding hydrogens is 733 g/mol. The van der Waals surface area contributed by atoms with Crippen molar-refractivity contribution in [1.82, 2.24) is 9.97 Å². The number of aliphatic hydroxyl groups is 2. The average molecular weight is 771 g/mol. The van der Waals surface area contributed by atoms with Crippen LogP contribution in [0.2, 0.25) is 0 Å². The number of hydrogen-bond donors (Lipinski definition) is 2. The smallest absolute Gasteiger partial charge is 0.101 e. The van der Waals surface area contributed by atoms with E-state index in [1.807, 2.05) is 24.3 Å². The number of rotatable bonds is 2. The van der Waals surface area contributed by atoms with Crippen LogP contribution >= 0.6 is 0 Å². The fourth-order valence-electron chi connectivity index (χ4n) is 1.45. The Morgan fingerprint density at radius 3 is 0.964 bits per heavy atom. The number of hydrogen-bond acceptors (Lipinski definition) is 4. The van der Waals surface area contributed by atoms with Crippen LogP contribution in [0.15, 0.2) is 48.8 Å². The van der Waals surface area contributed by atoms with Gasteiger partial charge in [0.15, 0.2) is 0 Å². The monoisotopic (exact) mass is 772 g/mol. The Morgan fingerprint density at radius 2 is 0.857 bits per heavy atom. The third kappa shape index (κ3) is 20.0. The van der Waals surface area contributed by atoms with Crippen molar-refractivity contribution in [1.29, 1.82) is 0 Å². The van der Waals surface area contributed by atoms with Crippen LogP contribution < -0.4 is 0 Å². The van der Waals surface area contributed by atoms with Gasteiger partial charge < -0.3 is 43.1 Å². The number of pyridine rings is 2. The SMILES string of the molecule is CC(C)(O)c1ccccn1.CC(C)(O)c1ccccn1.O.O.[Ir].[Ir].[OH3+].[OH3+].[OH3+].[OH3+]. The summed E-state index contributed by atoms with van der Waals surface area (Å²) in [5.74, 6) is 0. The largest absolute Gasteiger partial charge is 0.457 e. The molecule has 0 fully saturated rings. The summed E-state index contributed by atoms with van der Waals surface area (Å²) >= 11 is 0. The quantitative estimate of drug-likeness (QED) is 0.308. The fraction of sp³-hybridized carbons (Fsp3) is 0.375. The van der Waals surface area contributed by atoms with Gasteiger partial charge in [0.05, 0.1) is 11.4 Å². The van der Waals surface area contributed by atoms with E-state index < -0.39 is 11.2 Å². The molecule has 2 aromatic rings. The summed E-state index contributed by atoms with van der Waals surface area (Å²) in [6, 6.07) is 11.0. The Morgan fingerprint density at radius 1 is 0.607 bits per heavy atom. The maximum Gasteiger partial charge on any atom is 0.101 e. The second-order valence-electron chi connectivity index (χ2n) is 5.55. The first kappa shape index (κ1) is 50.7. The molecule has 0 amide bonds. The van der Waals surface area contributed by atoms with Crippen molar-refractivity contribution in [2.24, 2.45) is 0 Å². The molecule has 12 heteroatoms. The Kier molecular flexibility index (Phi) is 40.8. The van der Waals surface area contributed by atoms with Gasteiger partial charge in [-0.1, -0.05) is 12.1 Å². The Bertz CT molecular complexity index is 474. The predicted molar refractivity (Wildman–Crippen MR) is 106 cm³/mol. The summed E-state index contributed by atoms with van der Waals surface area (Å²) < 4.78 is 0. The summed E-state index contributed by atoms with van der Waals surface area (Å²) in [5, 5.41) is 18.9. The molecule has 0 unspecified atom stereocenters. The third-order valence-electron chi connectivity index (χ3n) is 2.58. The Labute approximate surface area is 192 Å². The van der Waals surface area contributed by atoms with Crippen LogP contribution in [0.1, 0.15) is 39.1 Å². The molecule has 0 aromatic carbocycles. The Balaban J connectivity index is -0.0000000370. The molecule has 10 nitrogen and oxygen atoms in total. The van der Waals surface area contributed by atoms with Gasteiger partial charge in [0.25, 0.3) is 0 Å². The van der Waals surface area contributed by atoms with Crippen LogP contribution in [0.25, 0.3) is 0 Å². The van der Waals surface area contributed by atoms with Crippen molar-refractivity contribution in [3.63, 3.8) is 0 Å². The van der Waals surface area contributed by atoms with Crippen LogP contribution in [-0.4, -0.2) is 31.1 Å². The molecule has 0 spiro atoms.